The summed E-state index contributed by atoms with van der Waals surface area (Å²) in [5, 5.41) is 20.4. The van der Waals surface area contributed by atoms with Crippen LogP contribution >= 0.6 is 0 Å². The monoisotopic (exact) mass is 262 g/mol. The number of aliphatic hydroxyl groups is 2. The van der Waals surface area contributed by atoms with Gasteiger partial charge in [-0.25, -0.2) is 0 Å². The molecule has 0 aliphatic heterocycles. The van der Waals surface area contributed by atoms with E-state index in [9.17, 15) is 10.2 Å². The Balaban J connectivity index is 2.14. The molecule has 2 nitrogen and oxygen atoms in total. The lowest BCUT2D eigenvalue weighted by atomic mass is 9.80. The lowest BCUT2D eigenvalue weighted by Gasteiger charge is -2.26. The SMILES string of the molecule is OC1=C2C(=CCC1O)c1ccc(cc1)-c1ccccc12. The van der Waals surface area contributed by atoms with Gasteiger partial charge in [0.25, 0.3) is 0 Å². The molecular formula is C18H14O2. The number of aliphatic hydroxyl groups excluding tert-OH is 2. The van der Waals surface area contributed by atoms with Crippen molar-refractivity contribution in [3.63, 3.8) is 0 Å². The fourth-order valence-electron chi connectivity index (χ4n) is 3.08. The van der Waals surface area contributed by atoms with E-state index in [-0.39, 0.29) is 5.76 Å². The molecule has 0 aromatic heterocycles. The topological polar surface area (TPSA) is 40.5 Å². The largest absolute Gasteiger partial charge is 0.509 e. The van der Waals surface area contributed by atoms with Crippen LogP contribution in [0.3, 0.4) is 0 Å². The van der Waals surface area contributed by atoms with Crippen LogP contribution in [0.1, 0.15) is 17.5 Å². The van der Waals surface area contributed by atoms with Crippen molar-refractivity contribution < 1.29 is 10.2 Å². The molecular weight excluding hydrogens is 248 g/mol. The molecule has 0 amide bonds. The summed E-state index contributed by atoms with van der Waals surface area (Å²) in [6.07, 6.45) is 1.66. The summed E-state index contributed by atoms with van der Waals surface area (Å²) in [5.41, 5.74) is 6.05. The highest BCUT2D eigenvalue weighted by molar-refractivity contribution is 6.10. The van der Waals surface area contributed by atoms with E-state index in [1.54, 1.807) is 0 Å². The van der Waals surface area contributed by atoms with E-state index < -0.39 is 6.10 Å². The van der Waals surface area contributed by atoms with Crippen molar-refractivity contribution in [3.05, 3.63) is 71.5 Å². The summed E-state index contributed by atoms with van der Waals surface area (Å²) in [6.45, 7) is 0. The van der Waals surface area contributed by atoms with Gasteiger partial charge >= 0.3 is 0 Å². The minimum absolute atomic E-state index is 0.0809. The van der Waals surface area contributed by atoms with Crippen LogP contribution in [-0.2, 0) is 0 Å². The predicted octanol–water partition coefficient (Wildman–Crippen LogP) is 3.78. The minimum Gasteiger partial charge on any atom is -0.509 e. The van der Waals surface area contributed by atoms with Crippen molar-refractivity contribution in [3.8, 4) is 11.1 Å². The molecule has 0 heterocycles. The third-order valence-corrected chi connectivity index (χ3v) is 4.09. The second-order valence-electron chi connectivity index (χ2n) is 5.25. The molecule has 5 rings (SSSR count). The normalized spacial score (nSPS) is 19.9. The van der Waals surface area contributed by atoms with Crippen LogP contribution in [0, 0.1) is 0 Å². The molecule has 2 N–H and O–H groups in total. The van der Waals surface area contributed by atoms with Crippen LogP contribution in [0.15, 0.2) is 60.4 Å². The van der Waals surface area contributed by atoms with Crippen molar-refractivity contribution in [2.45, 2.75) is 12.5 Å². The Bertz CT molecular complexity index is 751. The fraction of sp³-hybridized carbons (Fsp3) is 0.111. The Morgan fingerprint density at radius 1 is 0.850 bits per heavy atom. The van der Waals surface area contributed by atoms with Gasteiger partial charge in [-0.3, -0.25) is 0 Å². The molecule has 0 spiro atoms. The molecule has 20 heavy (non-hydrogen) atoms. The quantitative estimate of drug-likeness (QED) is 0.758. The number of benzene rings is 2. The van der Waals surface area contributed by atoms with Gasteiger partial charge in [-0.2, -0.15) is 0 Å². The number of fused-ring (bicyclic) bond motifs is 2. The average Bonchev–Trinajstić information content (AvgIpc) is 2.48. The Morgan fingerprint density at radius 2 is 1.50 bits per heavy atom. The van der Waals surface area contributed by atoms with E-state index >= 15 is 0 Å². The van der Waals surface area contributed by atoms with Crippen LogP contribution in [-0.4, -0.2) is 16.3 Å². The molecule has 0 radical (unpaired) electrons. The second-order valence-corrected chi connectivity index (χ2v) is 5.25. The van der Waals surface area contributed by atoms with Crippen molar-refractivity contribution in [2.24, 2.45) is 0 Å². The zero-order chi connectivity index (χ0) is 13.7. The molecule has 0 fully saturated rings. The van der Waals surface area contributed by atoms with Gasteiger partial charge in [0.1, 0.15) is 11.9 Å². The van der Waals surface area contributed by atoms with Crippen LogP contribution in [0.4, 0.5) is 0 Å². The lowest BCUT2D eigenvalue weighted by Crippen LogP contribution is -2.16. The molecule has 2 heteroatoms. The fourth-order valence-corrected chi connectivity index (χ4v) is 3.08. The van der Waals surface area contributed by atoms with Gasteiger partial charge in [-0.05, 0) is 34.2 Å². The van der Waals surface area contributed by atoms with E-state index in [4.69, 9.17) is 0 Å². The molecule has 2 aromatic rings. The van der Waals surface area contributed by atoms with Crippen molar-refractivity contribution in [2.75, 3.05) is 0 Å². The van der Waals surface area contributed by atoms with Crippen LogP contribution in [0.2, 0.25) is 0 Å². The molecule has 1 atom stereocenters. The highest BCUT2D eigenvalue weighted by Gasteiger charge is 2.27. The molecule has 3 aliphatic rings. The molecule has 0 saturated carbocycles. The smallest absolute Gasteiger partial charge is 0.129 e. The number of hydrogen-bond donors (Lipinski definition) is 2. The van der Waals surface area contributed by atoms with Crippen molar-refractivity contribution in [1.82, 2.24) is 0 Å². The van der Waals surface area contributed by atoms with Gasteiger partial charge < -0.3 is 10.2 Å². The lowest BCUT2D eigenvalue weighted by molar-refractivity contribution is 0.156. The Kier molecular flexibility index (Phi) is 2.35. The average molecular weight is 262 g/mol. The Morgan fingerprint density at radius 3 is 2.25 bits per heavy atom. The summed E-state index contributed by atoms with van der Waals surface area (Å²) in [4.78, 5) is 0. The first-order valence-corrected chi connectivity index (χ1v) is 6.77. The number of allylic oxidation sites excluding steroid dienone is 2. The van der Waals surface area contributed by atoms with E-state index in [0.717, 1.165) is 33.4 Å². The van der Waals surface area contributed by atoms with Gasteiger partial charge in [0.15, 0.2) is 0 Å². The zero-order valence-electron chi connectivity index (χ0n) is 10.9. The van der Waals surface area contributed by atoms with Crippen molar-refractivity contribution in [1.29, 1.82) is 0 Å². The molecule has 3 aliphatic carbocycles. The minimum atomic E-state index is -0.807. The van der Waals surface area contributed by atoms with E-state index in [2.05, 4.69) is 30.3 Å². The number of rotatable bonds is 0. The summed E-state index contributed by atoms with van der Waals surface area (Å²) >= 11 is 0. The first kappa shape index (κ1) is 11.5. The summed E-state index contributed by atoms with van der Waals surface area (Å²) in [7, 11) is 0. The van der Waals surface area contributed by atoms with Crippen molar-refractivity contribution >= 4 is 11.1 Å². The summed E-state index contributed by atoms with van der Waals surface area (Å²) in [5.74, 6) is 0.0809. The number of hydrogen-bond acceptors (Lipinski definition) is 2. The van der Waals surface area contributed by atoms with Gasteiger partial charge in [0.05, 0.1) is 0 Å². The summed E-state index contributed by atoms with van der Waals surface area (Å²) < 4.78 is 0. The Labute approximate surface area is 117 Å². The van der Waals surface area contributed by atoms with Gasteiger partial charge in [-0.15, -0.1) is 0 Å². The van der Waals surface area contributed by atoms with Gasteiger partial charge in [-0.1, -0.05) is 54.6 Å². The van der Waals surface area contributed by atoms with Crippen LogP contribution in [0.5, 0.6) is 0 Å². The molecule has 2 bridgehead atoms. The molecule has 0 saturated heterocycles. The third-order valence-electron chi connectivity index (χ3n) is 4.09. The standard InChI is InChI=1S/C18H14O2/c19-16-10-9-14-12-7-5-11(6-8-12)13-3-1-2-4-15(13)17(14)18(16)20/h1-9,16,19-20H,10H2. The van der Waals surface area contributed by atoms with Gasteiger partial charge in [0, 0.05) is 5.57 Å². The highest BCUT2D eigenvalue weighted by Crippen LogP contribution is 2.44. The van der Waals surface area contributed by atoms with E-state index in [1.165, 1.54) is 0 Å². The summed E-state index contributed by atoms with van der Waals surface area (Å²) in [6, 6.07) is 16.4. The highest BCUT2D eigenvalue weighted by atomic mass is 16.3. The van der Waals surface area contributed by atoms with Crippen LogP contribution < -0.4 is 0 Å². The second kappa shape index (κ2) is 4.09. The first-order valence-electron chi connectivity index (χ1n) is 6.77. The van der Waals surface area contributed by atoms with E-state index in [1.807, 2.05) is 24.3 Å². The van der Waals surface area contributed by atoms with Crippen LogP contribution in [0.25, 0.3) is 22.3 Å². The maximum atomic E-state index is 10.4. The maximum absolute atomic E-state index is 10.4. The van der Waals surface area contributed by atoms with Gasteiger partial charge in [0.2, 0.25) is 0 Å². The Hall–Kier alpha value is -2.32. The molecule has 1 unspecified atom stereocenters. The molecule has 2 aromatic carbocycles. The first-order chi connectivity index (χ1) is 9.75. The maximum Gasteiger partial charge on any atom is 0.129 e. The molecule has 98 valence electrons. The third kappa shape index (κ3) is 1.49. The predicted molar refractivity (Wildman–Crippen MR) is 80.0 cm³/mol. The zero-order valence-corrected chi connectivity index (χ0v) is 10.9. The van der Waals surface area contributed by atoms with E-state index in [0.29, 0.717) is 6.42 Å².